The van der Waals surface area contributed by atoms with E-state index in [0.29, 0.717) is 30.3 Å². The Kier molecular flexibility index (Phi) is 7.52. The van der Waals surface area contributed by atoms with Gasteiger partial charge in [0, 0.05) is 25.2 Å². The van der Waals surface area contributed by atoms with Crippen LogP contribution in [0.2, 0.25) is 0 Å². The van der Waals surface area contributed by atoms with Crippen LogP contribution in [0.4, 0.5) is 4.39 Å². The number of hydrogen-bond acceptors (Lipinski definition) is 5. The molecule has 1 heterocycles. The molecule has 0 saturated heterocycles. The summed E-state index contributed by atoms with van der Waals surface area (Å²) in [5, 5.41) is 2.98. The van der Waals surface area contributed by atoms with Gasteiger partial charge in [0.05, 0.1) is 39.5 Å². The lowest BCUT2D eigenvalue weighted by Gasteiger charge is -2.28. The highest BCUT2D eigenvalue weighted by Crippen LogP contribution is 2.40. The fourth-order valence-corrected chi connectivity index (χ4v) is 3.73. The van der Waals surface area contributed by atoms with Crippen molar-refractivity contribution in [2.75, 3.05) is 41.0 Å². The van der Waals surface area contributed by atoms with Crippen LogP contribution >= 0.6 is 0 Å². The van der Waals surface area contributed by atoms with Crippen molar-refractivity contribution in [1.82, 2.24) is 10.2 Å². The van der Waals surface area contributed by atoms with Crippen LogP contribution < -0.4 is 19.5 Å². The van der Waals surface area contributed by atoms with Crippen molar-refractivity contribution in [2.24, 2.45) is 0 Å². The van der Waals surface area contributed by atoms with Crippen LogP contribution in [0.25, 0.3) is 5.57 Å². The van der Waals surface area contributed by atoms with E-state index in [1.165, 1.54) is 12.1 Å². The molecule has 0 spiro atoms. The summed E-state index contributed by atoms with van der Waals surface area (Å²) < 4.78 is 29.5. The summed E-state index contributed by atoms with van der Waals surface area (Å²) in [5.74, 6) is 1.71. The van der Waals surface area contributed by atoms with E-state index in [1.807, 2.05) is 19.1 Å². The molecule has 0 fully saturated rings. The SMILES string of the molecule is COc1cc(OC)c(C2=CCN(CC(=O)NC(C)c3ccc(F)cc3)CC2)c(OC)c1. The zero-order valence-corrected chi connectivity index (χ0v) is 18.4. The second-order valence-corrected chi connectivity index (χ2v) is 7.46. The topological polar surface area (TPSA) is 60.0 Å². The summed E-state index contributed by atoms with van der Waals surface area (Å²) in [4.78, 5) is 14.6. The monoisotopic (exact) mass is 428 g/mol. The number of carbonyl (C=O) groups excluding carboxylic acids is 1. The fourth-order valence-electron chi connectivity index (χ4n) is 3.73. The van der Waals surface area contributed by atoms with E-state index in [9.17, 15) is 9.18 Å². The third-order valence-corrected chi connectivity index (χ3v) is 5.44. The quantitative estimate of drug-likeness (QED) is 0.693. The summed E-state index contributed by atoms with van der Waals surface area (Å²) in [6.07, 6.45) is 2.87. The third-order valence-electron chi connectivity index (χ3n) is 5.44. The van der Waals surface area contributed by atoms with Gasteiger partial charge in [0.25, 0.3) is 0 Å². The Hall–Kier alpha value is -3.06. The first-order valence-electron chi connectivity index (χ1n) is 10.2. The second-order valence-electron chi connectivity index (χ2n) is 7.46. The van der Waals surface area contributed by atoms with E-state index in [2.05, 4.69) is 16.3 Å². The van der Waals surface area contributed by atoms with Crippen LogP contribution in [0, 0.1) is 5.82 Å². The summed E-state index contributed by atoms with van der Waals surface area (Å²) >= 11 is 0. The van der Waals surface area contributed by atoms with Gasteiger partial charge in [0.15, 0.2) is 0 Å². The normalized spacial score (nSPS) is 15.1. The first-order chi connectivity index (χ1) is 14.9. The fraction of sp³-hybridized carbons (Fsp3) is 0.375. The Morgan fingerprint density at radius 3 is 2.26 bits per heavy atom. The van der Waals surface area contributed by atoms with E-state index in [4.69, 9.17) is 14.2 Å². The van der Waals surface area contributed by atoms with Crippen LogP contribution in [0.3, 0.4) is 0 Å². The molecule has 1 N–H and O–H groups in total. The van der Waals surface area contributed by atoms with Gasteiger partial charge in [-0.1, -0.05) is 18.2 Å². The maximum atomic E-state index is 13.1. The highest BCUT2D eigenvalue weighted by atomic mass is 19.1. The van der Waals surface area contributed by atoms with Crippen molar-refractivity contribution >= 4 is 11.5 Å². The minimum Gasteiger partial charge on any atom is -0.496 e. The Balaban J connectivity index is 1.64. The summed E-state index contributed by atoms with van der Waals surface area (Å²) in [5.41, 5.74) is 2.90. The van der Waals surface area contributed by atoms with Crippen LogP contribution in [0.5, 0.6) is 17.2 Å². The molecule has 6 nitrogen and oxygen atoms in total. The minimum absolute atomic E-state index is 0.0618. The molecule has 1 atom stereocenters. The number of hydrogen-bond donors (Lipinski definition) is 1. The summed E-state index contributed by atoms with van der Waals surface area (Å²) in [6, 6.07) is 9.67. The molecule has 166 valence electrons. The number of nitrogens with one attached hydrogen (secondary N) is 1. The number of amides is 1. The largest absolute Gasteiger partial charge is 0.496 e. The summed E-state index contributed by atoms with van der Waals surface area (Å²) in [6.45, 7) is 3.57. The number of rotatable bonds is 8. The van der Waals surface area contributed by atoms with Gasteiger partial charge >= 0.3 is 0 Å². The number of ether oxygens (including phenoxy) is 3. The molecular weight excluding hydrogens is 399 g/mol. The van der Waals surface area contributed by atoms with Crippen LogP contribution in [0.1, 0.15) is 30.5 Å². The number of methoxy groups -OCH3 is 3. The Morgan fingerprint density at radius 1 is 1.10 bits per heavy atom. The molecule has 3 rings (SSSR count). The van der Waals surface area contributed by atoms with E-state index in [1.54, 1.807) is 33.5 Å². The molecule has 1 amide bonds. The van der Waals surface area contributed by atoms with Crippen molar-refractivity contribution in [3.8, 4) is 17.2 Å². The van der Waals surface area contributed by atoms with Gasteiger partial charge in [0.2, 0.25) is 5.91 Å². The van der Waals surface area contributed by atoms with Crippen LogP contribution in [-0.4, -0.2) is 51.8 Å². The molecule has 7 heteroatoms. The predicted molar refractivity (Wildman–Crippen MR) is 118 cm³/mol. The van der Waals surface area contributed by atoms with Gasteiger partial charge in [0.1, 0.15) is 23.1 Å². The molecule has 1 unspecified atom stereocenters. The van der Waals surface area contributed by atoms with Crippen LogP contribution in [0.15, 0.2) is 42.5 Å². The predicted octanol–water partition coefficient (Wildman–Crippen LogP) is 3.82. The first-order valence-corrected chi connectivity index (χ1v) is 10.2. The maximum Gasteiger partial charge on any atom is 0.234 e. The van der Waals surface area contributed by atoms with Crippen molar-refractivity contribution < 1.29 is 23.4 Å². The molecule has 31 heavy (non-hydrogen) atoms. The van der Waals surface area contributed by atoms with Gasteiger partial charge < -0.3 is 19.5 Å². The molecule has 1 aliphatic heterocycles. The zero-order valence-electron chi connectivity index (χ0n) is 18.4. The first kappa shape index (κ1) is 22.6. The second kappa shape index (κ2) is 10.3. The minimum atomic E-state index is -0.289. The van der Waals surface area contributed by atoms with Crippen molar-refractivity contribution in [2.45, 2.75) is 19.4 Å². The molecule has 2 aromatic rings. The lowest BCUT2D eigenvalue weighted by molar-refractivity contribution is -0.122. The Morgan fingerprint density at radius 2 is 1.74 bits per heavy atom. The zero-order chi connectivity index (χ0) is 22.4. The molecule has 0 radical (unpaired) electrons. The summed E-state index contributed by atoms with van der Waals surface area (Å²) in [7, 11) is 4.85. The highest BCUT2D eigenvalue weighted by molar-refractivity contribution is 5.80. The molecular formula is C24H29FN2O4. The molecule has 0 bridgehead atoms. The standard InChI is InChI=1S/C24H29FN2O4/c1-16(17-5-7-19(25)8-6-17)26-23(28)15-27-11-9-18(10-12-27)24-21(30-3)13-20(29-2)14-22(24)31-4/h5-9,13-14,16H,10-12,15H2,1-4H3,(H,26,28). The number of benzene rings is 2. The number of halogens is 1. The van der Waals surface area contributed by atoms with Gasteiger partial charge in [-0.05, 0) is 36.6 Å². The molecule has 0 aromatic heterocycles. The number of carbonyl (C=O) groups is 1. The van der Waals surface area contributed by atoms with E-state index < -0.39 is 0 Å². The van der Waals surface area contributed by atoms with Gasteiger partial charge in [-0.25, -0.2) is 4.39 Å². The number of nitrogens with zero attached hydrogens (tertiary/aromatic N) is 1. The van der Waals surface area contributed by atoms with Gasteiger partial charge in [-0.15, -0.1) is 0 Å². The molecule has 0 aliphatic carbocycles. The van der Waals surface area contributed by atoms with Crippen molar-refractivity contribution in [3.63, 3.8) is 0 Å². The molecule has 2 aromatic carbocycles. The highest BCUT2D eigenvalue weighted by Gasteiger charge is 2.22. The van der Waals surface area contributed by atoms with Crippen molar-refractivity contribution in [1.29, 1.82) is 0 Å². The third kappa shape index (κ3) is 5.55. The van der Waals surface area contributed by atoms with E-state index >= 15 is 0 Å². The van der Waals surface area contributed by atoms with Crippen molar-refractivity contribution in [3.05, 3.63) is 59.4 Å². The Labute approximate surface area is 182 Å². The Bertz CT molecular complexity index is 918. The van der Waals surface area contributed by atoms with Gasteiger partial charge in [-0.2, -0.15) is 0 Å². The maximum absolute atomic E-state index is 13.1. The average Bonchev–Trinajstić information content (AvgIpc) is 2.79. The van der Waals surface area contributed by atoms with E-state index in [-0.39, 0.29) is 17.8 Å². The smallest absolute Gasteiger partial charge is 0.234 e. The van der Waals surface area contributed by atoms with E-state index in [0.717, 1.165) is 29.7 Å². The molecule has 1 aliphatic rings. The average molecular weight is 429 g/mol. The molecule has 0 saturated carbocycles. The lowest BCUT2D eigenvalue weighted by Crippen LogP contribution is -2.40. The van der Waals surface area contributed by atoms with Gasteiger partial charge in [-0.3, -0.25) is 9.69 Å². The van der Waals surface area contributed by atoms with Crippen LogP contribution in [-0.2, 0) is 4.79 Å². The lowest BCUT2D eigenvalue weighted by atomic mass is 9.97.